The SMILES string of the molecule is CC1(C)O[C@H]2O[C@@H]3CN4C(=O)CO[C@@]45CS(=O)(=O)O[C@@]35[C@H]2O1. The van der Waals surface area contributed by atoms with E-state index in [0.29, 0.717) is 0 Å². The Morgan fingerprint density at radius 3 is 2.82 bits per heavy atom. The van der Waals surface area contributed by atoms with Gasteiger partial charge in [0.1, 0.15) is 24.6 Å². The largest absolute Gasteiger partial charge is 0.341 e. The van der Waals surface area contributed by atoms with Gasteiger partial charge in [0.25, 0.3) is 16.0 Å². The van der Waals surface area contributed by atoms with Gasteiger partial charge in [-0.1, -0.05) is 0 Å². The molecular weight excluding hydrogens is 318 g/mol. The summed E-state index contributed by atoms with van der Waals surface area (Å²) in [7, 11) is -3.87. The van der Waals surface area contributed by atoms with Gasteiger partial charge in [0.15, 0.2) is 23.4 Å². The van der Waals surface area contributed by atoms with Crippen LogP contribution in [0.5, 0.6) is 0 Å². The van der Waals surface area contributed by atoms with Crippen LogP contribution in [0, 0.1) is 0 Å². The van der Waals surface area contributed by atoms with Crippen LogP contribution in [0.15, 0.2) is 0 Å². The van der Waals surface area contributed by atoms with Crippen molar-refractivity contribution in [3.05, 3.63) is 0 Å². The Morgan fingerprint density at radius 2 is 2.05 bits per heavy atom. The Balaban J connectivity index is 1.70. The van der Waals surface area contributed by atoms with E-state index < -0.39 is 51.5 Å². The summed E-state index contributed by atoms with van der Waals surface area (Å²) >= 11 is 0. The van der Waals surface area contributed by atoms with E-state index in [4.69, 9.17) is 23.1 Å². The number of carbonyl (C=O) groups excluding carboxylic acids is 1. The van der Waals surface area contributed by atoms with E-state index in [1.807, 2.05) is 0 Å². The molecule has 0 N–H and O–H groups in total. The van der Waals surface area contributed by atoms with Crippen LogP contribution in [0.4, 0.5) is 0 Å². The first-order valence-corrected chi connectivity index (χ1v) is 8.66. The van der Waals surface area contributed by atoms with Crippen LogP contribution in [0.3, 0.4) is 0 Å². The lowest BCUT2D eigenvalue weighted by atomic mass is 9.86. The minimum Gasteiger partial charge on any atom is -0.341 e. The number of hydrogen-bond donors (Lipinski definition) is 0. The number of amides is 1. The fourth-order valence-corrected chi connectivity index (χ4v) is 6.13. The van der Waals surface area contributed by atoms with Crippen LogP contribution in [-0.4, -0.2) is 73.7 Å². The highest BCUT2D eigenvalue weighted by Gasteiger charge is 2.85. The number of carbonyl (C=O) groups is 1. The third-order valence-electron chi connectivity index (χ3n) is 5.03. The van der Waals surface area contributed by atoms with Crippen LogP contribution in [0.1, 0.15) is 13.8 Å². The van der Waals surface area contributed by atoms with E-state index in [2.05, 4.69) is 0 Å². The second-order valence-corrected chi connectivity index (χ2v) is 8.28. The molecule has 22 heavy (non-hydrogen) atoms. The highest BCUT2D eigenvalue weighted by Crippen LogP contribution is 2.61. The molecule has 0 aromatic carbocycles. The van der Waals surface area contributed by atoms with Crippen molar-refractivity contribution >= 4 is 16.0 Å². The third-order valence-corrected chi connectivity index (χ3v) is 6.30. The summed E-state index contributed by atoms with van der Waals surface area (Å²) in [4.78, 5) is 13.5. The molecule has 2 spiro atoms. The molecule has 0 aliphatic carbocycles. The maximum atomic E-state index is 12.2. The summed E-state index contributed by atoms with van der Waals surface area (Å²) in [6, 6.07) is 0. The van der Waals surface area contributed by atoms with Crippen molar-refractivity contribution in [2.75, 3.05) is 18.9 Å². The van der Waals surface area contributed by atoms with E-state index in [9.17, 15) is 13.2 Å². The maximum Gasteiger partial charge on any atom is 0.273 e. The van der Waals surface area contributed by atoms with E-state index in [1.165, 1.54) is 4.90 Å². The second kappa shape index (κ2) is 3.50. The smallest absolute Gasteiger partial charge is 0.273 e. The average Bonchev–Trinajstić information content (AvgIpc) is 3.04. The van der Waals surface area contributed by atoms with Crippen molar-refractivity contribution in [3.8, 4) is 0 Å². The molecule has 5 heterocycles. The molecule has 0 unspecified atom stereocenters. The minimum atomic E-state index is -3.87. The van der Waals surface area contributed by atoms with Gasteiger partial charge in [-0.05, 0) is 13.8 Å². The van der Waals surface area contributed by atoms with Gasteiger partial charge < -0.3 is 23.8 Å². The summed E-state index contributed by atoms with van der Waals surface area (Å²) in [5.74, 6) is -1.62. The summed E-state index contributed by atoms with van der Waals surface area (Å²) in [5.41, 5.74) is -2.80. The lowest BCUT2D eigenvalue weighted by molar-refractivity contribution is -0.235. The molecule has 9 nitrogen and oxygen atoms in total. The molecule has 122 valence electrons. The number of nitrogens with zero attached hydrogens (tertiary/aromatic N) is 1. The molecular formula is C12H15NO8S. The van der Waals surface area contributed by atoms with Crippen LogP contribution < -0.4 is 0 Å². The zero-order valence-electron chi connectivity index (χ0n) is 12.0. The normalized spacial score (nSPS) is 53.5. The summed E-state index contributed by atoms with van der Waals surface area (Å²) in [6.45, 7) is 3.46. The topological polar surface area (TPSA) is 101 Å². The Morgan fingerprint density at radius 1 is 1.27 bits per heavy atom. The molecule has 5 rings (SSSR count). The number of fused-ring (bicyclic) bond motifs is 1. The van der Waals surface area contributed by atoms with Crippen molar-refractivity contribution in [1.29, 1.82) is 0 Å². The lowest BCUT2D eigenvalue weighted by Crippen LogP contribution is -2.63. The summed E-state index contributed by atoms with van der Waals surface area (Å²) in [6.07, 6.45) is -2.19. The van der Waals surface area contributed by atoms with Gasteiger partial charge >= 0.3 is 0 Å². The maximum absolute atomic E-state index is 12.2. The van der Waals surface area contributed by atoms with Crippen LogP contribution >= 0.6 is 0 Å². The number of rotatable bonds is 0. The average molecular weight is 333 g/mol. The fraction of sp³-hybridized carbons (Fsp3) is 0.917. The Hall–Kier alpha value is -0.780. The highest BCUT2D eigenvalue weighted by atomic mass is 32.2. The van der Waals surface area contributed by atoms with E-state index in [-0.39, 0.29) is 19.1 Å². The quantitative estimate of drug-likeness (QED) is 0.495. The number of ether oxygens (including phenoxy) is 4. The molecule has 5 saturated heterocycles. The Labute approximate surface area is 126 Å². The third kappa shape index (κ3) is 1.29. The van der Waals surface area contributed by atoms with Gasteiger partial charge in [-0.3, -0.25) is 8.98 Å². The lowest BCUT2D eigenvalue weighted by Gasteiger charge is -2.37. The first kappa shape index (κ1) is 13.6. The van der Waals surface area contributed by atoms with Gasteiger partial charge in [0, 0.05) is 0 Å². The van der Waals surface area contributed by atoms with Gasteiger partial charge in [-0.25, -0.2) is 0 Å². The van der Waals surface area contributed by atoms with Gasteiger partial charge in [0.2, 0.25) is 0 Å². The summed E-state index contributed by atoms with van der Waals surface area (Å²) in [5, 5.41) is 0. The summed E-state index contributed by atoms with van der Waals surface area (Å²) < 4.78 is 52.9. The van der Waals surface area contributed by atoms with E-state index in [1.54, 1.807) is 13.8 Å². The van der Waals surface area contributed by atoms with Crippen molar-refractivity contribution in [3.63, 3.8) is 0 Å². The first-order chi connectivity index (χ1) is 10.2. The standard InChI is InChI=1S/C12H15NO8S/c1-10(2)19-8-9(20-10)18-6-3-13-7(14)4-17-11(13)5-22(15,16)21-12(6,8)11/h6,8-9H,3-5H2,1-2H3/t6-,8+,9-,11-,12-/m1/s1. The molecule has 5 aliphatic heterocycles. The molecule has 5 atom stereocenters. The Kier molecular flexibility index (Phi) is 2.17. The van der Waals surface area contributed by atoms with Crippen molar-refractivity contribution in [2.45, 2.75) is 49.5 Å². The molecule has 0 saturated carbocycles. The van der Waals surface area contributed by atoms with Crippen LogP contribution in [0.2, 0.25) is 0 Å². The predicted octanol–water partition coefficient (Wildman–Crippen LogP) is -1.47. The van der Waals surface area contributed by atoms with Gasteiger partial charge in [-0.15, -0.1) is 0 Å². The van der Waals surface area contributed by atoms with E-state index >= 15 is 0 Å². The first-order valence-electron chi connectivity index (χ1n) is 7.08. The molecule has 5 aliphatic rings. The fourth-order valence-electron chi connectivity index (χ4n) is 4.37. The van der Waals surface area contributed by atoms with Crippen molar-refractivity contribution in [1.82, 2.24) is 4.90 Å². The van der Waals surface area contributed by atoms with E-state index in [0.717, 1.165) is 0 Å². The molecule has 0 radical (unpaired) electrons. The zero-order chi connectivity index (χ0) is 15.5. The minimum absolute atomic E-state index is 0.172. The molecule has 1 amide bonds. The second-order valence-electron chi connectivity index (χ2n) is 6.71. The van der Waals surface area contributed by atoms with Crippen LogP contribution in [0.25, 0.3) is 0 Å². The molecule has 10 heteroatoms. The van der Waals surface area contributed by atoms with Gasteiger partial charge in [-0.2, -0.15) is 8.42 Å². The number of hydrogen-bond acceptors (Lipinski definition) is 8. The van der Waals surface area contributed by atoms with Gasteiger partial charge in [0.05, 0.1) is 6.54 Å². The highest BCUT2D eigenvalue weighted by molar-refractivity contribution is 7.87. The van der Waals surface area contributed by atoms with Crippen LogP contribution in [-0.2, 0) is 38.0 Å². The monoisotopic (exact) mass is 333 g/mol. The molecule has 0 aromatic rings. The van der Waals surface area contributed by atoms with Crippen molar-refractivity contribution in [2.24, 2.45) is 0 Å². The zero-order valence-corrected chi connectivity index (χ0v) is 12.8. The molecule has 5 fully saturated rings. The van der Waals surface area contributed by atoms with Crippen molar-refractivity contribution < 1.29 is 36.3 Å². The molecule has 0 aromatic heterocycles. The Bertz CT molecular complexity index is 691. The predicted molar refractivity (Wildman–Crippen MR) is 66.7 cm³/mol. The molecule has 0 bridgehead atoms.